The summed E-state index contributed by atoms with van der Waals surface area (Å²) in [5, 5.41) is 19.1. The number of aliphatic hydroxyl groups excluding tert-OH is 1. The van der Waals surface area contributed by atoms with Crippen LogP contribution in [0, 0.1) is 11.3 Å². The van der Waals surface area contributed by atoms with Crippen LogP contribution in [-0.4, -0.2) is 66.5 Å². The third-order valence-corrected chi connectivity index (χ3v) is 3.67. The molecular formula is C16H24N4O2. The number of pyridine rings is 1. The summed E-state index contributed by atoms with van der Waals surface area (Å²) in [6.45, 7) is 8.23. The first-order chi connectivity index (χ1) is 10.6. The number of hydrogen-bond acceptors (Lipinski definition) is 6. The Bertz CT molecular complexity index is 507. The summed E-state index contributed by atoms with van der Waals surface area (Å²) >= 11 is 0. The van der Waals surface area contributed by atoms with Crippen molar-refractivity contribution in [3.05, 3.63) is 23.9 Å². The first-order valence-electron chi connectivity index (χ1n) is 7.72. The molecule has 1 aromatic rings. The zero-order valence-electron chi connectivity index (χ0n) is 13.3. The van der Waals surface area contributed by atoms with Crippen LogP contribution >= 0.6 is 0 Å². The fraction of sp³-hybridized carbons (Fsp3) is 0.625. The summed E-state index contributed by atoms with van der Waals surface area (Å²) in [5.41, 5.74) is 0.612. The number of β-amino-alcohol motifs (C(OH)–C–C–N with tert-alkyl or cyclic N) is 1. The van der Waals surface area contributed by atoms with E-state index < -0.39 is 6.10 Å². The van der Waals surface area contributed by atoms with Gasteiger partial charge in [-0.3, -0.25) is 4.90 Å². The van der Waals surface area contributed by atoms with Gasteiger partial charge in [0.25, 0.3) is 0 Å². The highest BCUT2D eigenvalue weighted by atomic mass is 16.5. The lowest BCUT2D eigenvalue weighted by atomic mass is 10.2. The Morgan fingerprint density at radius 3 is 2.73 bits per heavy atom. The van der Waals surface area contributed by atoms with Gasteiger partial charge in [0.2, 0.25) is 0 Å². The number of nitriles is 1. The zero-order valence-corrected chi connectivity index (χ0v) is 13.3. The predicted octanol–water partition coefficient (Wildman–Crippen LogP) is 0.861. The quantitative estimate of drug-likeness (QED) is 0.840. The minimum absolute atomic E-state index is 0.139. The first kappa shape index (κ1) is 16.7. The minimum atomic E-state index is -0.460. The van der Waals surface area contributed by atoms with Gasteiger partial charge in [-0.05, 0) is 26.0 Å². The third-order valence-electron chi connectivity index (χ3n) is 3.67. The molecule has 0 aromatic carbocycles. The van der Waals surface area contributed by atoms with E-state index in [0.29, 0.717) is 18.7 Å². The lowest BCUT2D eigenvalue weighted by molar-refractivity contribution is -0.00900. The Kier molecular flexibility index (Phi) is 6.13. The molecule has 22 heavy (non-hydrogen) atoms. The van der Waals surface area contributed by atoms with Crippen LogP contribution in [0.4, 0.5) is 5.82 Å². The minimum Gasteiger partial charge on any atom is -0.389 e. The Balaban J connectivity index is 1.82. The van der Waals surface area contributed by atoms with Crippen molar-refractivity contribution in [2.45, 2.75) is 26.1 Å². The van der Waals surface area contributed by atoms with Crippen LogP contribution in [-0.2, 0) is 4.74 Å². The van der Waals surface area contributed by atoms with E-state index in [1.165, 1.54) is 0 Å². The fourth-order valence-electron chi connectivity index (χ4n) is 2.53. The van der Waals surface area contributed by atoms with Crippen molar-refractivity contribution in [1.82, 2.24) is 9.88 Å². The van der Waals surface area contributed by atoms with Gasteiger partial charge in [0.05, 0.1) is 24.4 Å². The molecule has 0 radical (unpaired) electrons. The molecule has 0 bridgehead atoms. The van der Waals surface area contributed by atoms with Crippen molar-refractivity contribution in [2.24, 2.45) is 0 Å². The second-order valence-electron chi connectivity index (χ2n) is 5.81. The van der Waals surface area contributed by atoms with Crippen LogP contribution in [0.25, 0.3) is 0 Å². The molecule has 2 heterocycles. The number of ether oxygens (including phenoxy) is 1. The number of piperazine rings is 1. The zero-order chi connectivity index (χ0) is 15.9. The molecule has 0 amide bonds. The summed E-state index contributed by atoms with van der Waals surface area (Å²) in [4.78, 5) is 8.68. The van der Waals surface area contributed by atoms with E-state index in [2.05, 4.69) is 20.9 Å². The van der Waals surface area contributed by atoms with Gasteiger partial charge in [-0.15, -0.1) is 0 Å². The lowest BCUT2D eigenvalue weighted by Crippen LogP contribution is -2.49. The summed E-state index contributed by atoms with van der Waals surface area (Å²) < 4.78 is 5.43. The lowest BCUT2D eigenvalue weighted by Gasteiger charge is -2.36. The molecule has 6 heteroatoms. The third kappa shape index (κ3) is 4.67. The number of anilines is 1. The predicted molar refractivity (Wildman–Crippen MR) is 84.7 cm³/mol. The van der Waals surface area contributed by atoms with Crippen molar-refractivity contribution >= 4 is 5.82 Å². The molecule has 1 aliphatic heterocycles. The average molecular weight is 304 g/mol. The molecule has 120 valence electrons. The number of rotatable bonds is 6. The average Bonchev–Trinajstić information content (AvgIpc) is 2.53. The molecule has 1 fully saturated rings. The van der Waals surface area contributed by atoms with Crippen LogP contribution in [0.5, 0.6) is 0 Å². The van der Waals surface area contributed by atoms with Crippen LogP contribution in [0.2, 0.25) is 0 Å². The molecule has 6 nitrogen and oxygen atoms in total. The normalized spacial score (nSPS) is 17.5. The standard InChI is InChI=1S/C16H24N4O2/c1-13(2)22-12-15(21)11-19-6-8-20(9-7-19)16-14(10-17)4-3-5-18-16/h3-5,13,15,21H,6-9,11-12H2,1-2H3. The molecule has 2 rings (SSSR count). The van der Waals surface area contributed by atoms with Crippen LogP contribution in [0.3, 0.4) is 0 Å². The second-order valence-corrected chi connectivity index (χ2v) is 5.81. The Morgan fingerprint density at radius 1 is 1.36 bits per heavy atom. The number of aliphatic hydroxyl groups is 1. The molecule has 1 unspecified atom stereocenters. The Morgan fingerprint density at radius 2 is 2.09 bits per heavy atom. The van der Waals surface area contributed by atoms with Gasteiger partial charge in [0.1, 0.15) is 11.9 Å². The molecular weight excluding hydrogens is 280 g/mol. The fourth-order valence-corrected chi connectivity index (χ4v) is 2.53. The van der Waals surface area contributed by atoms with E-state index in [-0.39, 0.29) is 6.10 Å². The van der Waals surface area contributed by atoms with Crippen molar-refractivity contribution in [2.75, 3.05) is 44.2 Å². The van der Waals surface area contributed by atoms with Crippen LogP contribution < -0.4 is 4.90 Å². The number of aromatic nitrogens is 1. The van der Waals surface area contributed by atoms with Crippen LogP contribution in [0.1, 0.15) is 19.4 Å². The van der Waals surface area contributed by atoms with Crippen molar-refractivity contribution < 1.29 is 9.84 Å². The molecule has 0 spiro atoms. The van der Waals surface area contributed by atoms with Crippen LogP contribution in [0.15, 0.2) is 18.3 Å². The molecule has 0 aliphatic carbocycles. The van der Waals surface area contributed by atoms with E-state index in [1.807, 2.05) is 13.8 Å². The van der Waals surface area contributed by atoms with Crippen molar-refractivity contribution in [3.63, 3.8) is 0 Å². The van der Waals surface area contributed by atoms with E-state index in [0.717, 1.165) is 32.0 Å². The summed E-state index contributed by atoms with van der Waals surface area (Å²) in [7, 11) is 0. The van der Waals surface area contributed by atoms with Gasteiger partial charge < -0.3 is 14.7 Å². The first-order valence-corrected chi connectivity index (χ1v) is 7.72. The van der Waals surface area contributed by atoms with Crippen molar-refractivity contribution in [3.8, 4) is 6.07 Å². The maximum atomic E-state index is 9.98. The van der Waals surface area contributed by atoms with E-state index in [1.54, 1.807) is 18.3 Å². The molecule has 1 saturated heterocycles. The summed E-state index contributed by atoms with van der Waals surface area (Å²) in [6.07, 6.45) is 1.40. The molecule has 1 aliphatic rings. The summed E-state index contributed by atoms with van der Waals surface area (Å²) in [6, 6.07) is 5.76. The van der Waals surface area contributed by atoms with Gasteiger partial charge in [-0.25, -0.2) is 4.98 Å². The van der Waals surface area contributed by atoms with Gasteiger partial charge in [0.15, 0.2) is 0 Å². The molecule has 1 aromatic heterocycles. The van der Waals surface area contributed by atoms with E-state index in [9.17, 15) is 5.11 Å². The number of hydrogen-bond donors (Lipinski definition) is 1. The van der Waals surface area contributed by atoms with Gasteiger partial charge >= 0.3 is 0 Å². The monoisotopic (exact) mass is 304 g/mol. The Labute approximate surface area is 131 Å². The maximum Gasteiger partial charge on any atom is 0.146 e. The highest BCUT2D eigenvalue weighted by Crippen LogP contribution is 2.18. The molecule has 1 N–H and O–H groups in total. The SMILES string of the molecule is CC(C)OCC(O)CN1CCN(c2ncccc2C#N)CC1. The Hall–Kier alpha value is -1.68. The van der Waals surface area contributed by atoms with Gasteiger partial charge in [-0.2, -0.15) is 5.26 Å². The van der Waals surface area contributed by atoms with Crippen molar-refractivity contribution in [1.29, 1.82) is 5.26 Å². The molecule has 0 saturated carbocycles. The second kappa shape index (κ2) is 8.08. The highest BCUT2D eigenvalue weighted by molar-refractivity contribution is 5.53. The highest BCUT2D eigenvalue weighted by Gasteiger charge is 2.21. The largest absolute Gasteiger partial charge is 0.389 e. The summed E-state index contributed by atoms with van der Waals surface area (Å²) in [5.74, 6) is 0.758. The topological polar surface area (TPSA) is 72.6 Å². The number of nitrogens with zero attached hydrogens (tertiary/aromatic N) is 4. The maximum absolute atomic E-state index is 9.98. The van der Waals surface area contributed by atoms with E-state index >= 15 is 0 Å². The van der Waals surface area contributed by atoms with Gasteiger partial charge in [-0.1, -0.05) is 0 Å². The van der Waals surface area contributed by atoms with E-state index in [4.69, 9.17) is 10.00 Å². The van der Waals surface area contributed by atoms with Gasteiger partial charge in [0, 0.05) is 38.9 Å². The smallest absolute Gasteiger partial charge is 0.146 e. The molecule has 1 atom stereocenters.